The van der Waals surface area contributed by atoms with Crippen molar-refractivity contribution in [3.8, 4) is 0 Å². The summed E-state index contributed by atoms with van der Waals surface area (Å²) >= 11 is 0. The highest BCUT2D eigenvalue weighted by Crippen LogP contribution is 2.19. The highest BCUT2D eigenvalue weighted by Gasteiger charge is 2.27. The van der Waals surface area contributed by atoms with Gasteiger partial charge >= 0.3 is 5.97 Å². The van der Waals surface area contributed by atoms with Gasteiger partial charge in [0.25, 0.3) is 5.69 Å². The lowest BCUT2D eigenvalue weighted by molar-refractivity contribution is -0.384. The zero-order chi connectivity index (χ0) is 16.8. The number of nitro benzene ring substituents is 1. The Bertz CT molecular complexity index is 710. The molecular formula is C17H15NO5. The van der Waals surface area contributed by atoms with E-state index < -0.39 is 22.6 Å². The molecule has 0 saturated heterocycles. The van der Waals surface area contributed by atoms with Crippen LogP contribution < -0.4 is 0 Å². The molecule has 118 valence electrons. The van der Waals surface area contributed by atoms with E-state index in [2.05, 4.69) is 0 Å². The smallest absolute Gasteiger partial charge is 0.314 e. The molecule has 1 unspecified atom stereocenters. The first-order valence-corrected chi connectivity index (χ1v) is 7.04. The number of carbonyl (C=O) groups excluding carboxylic acids is 1. The van der Waals surface area contributed by atoms with Gasteiger partial charge in [-0.2, -0.15) is 0 Å². The molecule has 2 rings (SSSR count). The Labute approximate surface area is 132 Å². The van der Waals surface area contributed by atoms with Crippen LogP contribution >= 0.6 is 0 Å². The topological polar surface area (TPSA) is 97.5 Å². The highest BCUT2D eigenvalue weighted by atomic mass is 16.6. The third-order valence-corrected chi connectivity index (χ3v) is 3.54. The fourth-order valence-corrected chi connectivity index (χ4v) is 2.27. The number of aliphatic carboxylic acids is 1. The maximum absolute atomic E-state index is 12.3. The molecule has 0 radical (unpaired) electrons. The van der Waals surface area contributed by atoms with Crippen LogP contribution in [0.15, 0.2) is 54.6 Å². The van der Waals surface area contributed by atoms with E-state index in [1.165, 1.54) is 24.3 Å². The van der Waals surface area contributed by atoms with Gasteiger partial charge in [-0.05, 0) is 30.5 Å². The molecule has 0 spiro atoms. The first-order valence-electron chi connectivity index (χ1n) is 7.04. The van der Waals surface area contributed by atoms with Gasteiger partial charge in [0.2, 0.25) is 0 Å². The van der Waals surface area contributed by atoms with Crippen molar-refractivity contribution in [3.05, 3.63) is 75.8 Å². The third kappa shape index (κ3) is 4.23. The van der Waals surface area contributed by atoms with Crippen molar-refractivity contribution in [1.82, 2.24) is 0 Å². The van der Waals surface area contributed by atoms with Gasteiger partial charge in [-0.1, -0.05) is 30.3 Å². The van der Waals surface area contributed by atoms with Crippen LogP contribution in [-0.2, 0) is 11.2 Å². The predicted molar refractivity (Wildman–Crippen MR) is 83.3 cm³/mol. The van der Waals surface area contributed by atoms with Crippen molar-refractivity contribution >= 4 is 17.4 Å². The maximum Gasteiger partial charge on any atom is 0.314 e. The van der Waals surface area contributed by atoms with Gasteiger partial charge < -0.3 is 5.11 Å². The summed E-state index contributed by atoms with van der Waals surface area (Å²) in [5.41, 5.74) is 0.976. The molecule has 1 atom stereocenters. The Morgan fingerprint density at radius 2 is 1.65 bits per heavy atom. The molecule has 0 saturated carbocycles. The zero-order valence-electron chi connectivity index (χ0n) is 12.2. The maximum atomic E-state index is 12.3. The van der Waals surface area contributed by atoms with Crippen molar-refractivity contribution in [3.63, 3.8) is 0 Å². The van der Waals surface area contributed by atoms with E-state index in [-0.39, 0.29) is 17.7 Å². The molecule has 0 heterocycles. The number of carboxylic acid groups (broad SMARTS) is 1. The molecule has 6 heteroatoms. The molecule has 0 bridgehead atoms. The summed E-state index contributed by atoms with van der Waals surface area (Å²) in [6.45, 7) is 0. The standard InChI is InChI=1S/C17H15NO5/c19-16(13-7-9-14(10-8-13)18(22)23)15(17(20)21)11-6-12-4-2-1-3-5-12/h1-5,7-10,15H,6,11H2,(H,20,21). The number of aryl methyl sites for hydroxylation is 1. The van der Waals surface area contributed by atoms with E-state index in [9.17, 15) is 24.8 Å². The van der Waals surface area contributed by atoms with Crippen LogP contribution in [0.5, 0.6) is 0 Å². The number of nitrogens with zero attached hydrogens (tertiary/aromatic N) is 1. The summed E-state index contributed by atoms with van der Waals surface area (Å²) in [4.78, 5) is 33.8. The number of carbonyl (C=O) groups is 2. The van der Waals surface area contributed by atoms with E-state index in [0.717, 1.165) is 5.56 Å². The number of hydrogen-bond acceptors (Lipinski definition) is 4. The minimum Gasteiger partial charge on any atom is -0.481 e. The molecule has 0 aliphatic rings. The number of carboxylic acids is 1. The first-order chi connectivity index (χ1) is 11.0. The van der Waals surface area contributed by atoms with Gasteiger partial charge in [0, 0.05) is 17.7 Å². The average Bonchev–Trinajstić information content (AvgIpc) is 2.55. The van der Waals surface area contributed by atoms with E-state index in [1.807, 2.05) is 30.3 Å². The van der Waals surface area contributed by atoms with Gasteiger partial charge in [0.05, 0.1) is 4.92 Å². The molecular weight excluding hydrogens is 298 g/mol. The highest BCUT2D eigenvalue weighted by molar-refractivity contribution is 6.08. The van der Waals surface area contributed by atoms with Gasteiger partial charge in [0.15, 0.2) is 5.78 Å². The van der Waals surface area contributed by atoms with Crippen LogP contribution in [0.25, 0.3) is 0 Å². The number of Topliss-reactive ketones (excluding diaryl/α,β-unsaturated/α-hetero) is 1. The Morgan fingerprint density at radius 1 is 1.04 bits per heavy atom. The first kappa shape index (κ1) is 16.4. The lowest BCUT2D eigenvalue weighted by Gasteiger charge is -2.11. The van der Waals surface area contributed by atoms with E-state index >= 15 is 0 Å². The molecule has 0 aromatic heterocycles. The Balaban J connectivity index is 2.12. The quantitative estimate of drug-likeness (QED) is 0.366. The largest absolute Gasteiger partial charge is 0.481 e. The molecule has 23 heavy (non-hydrogen) atoms. The molecule has 0 aliphatic heterocycles. The monoisotopic (exact) mass is 313 g/mol. The molecule has 2 aromatic rings. The zero-order valence-corrected chi connectivity index (χ0v) is 12.2. The van der Waals surface area contributed by atoms with Crippen molar-refractivity contribution in [1.29, 1.82) is 0 Å². The summed E-state index contributed by atoms with van der Waals surface area (Å²) in [6, 6.07) is 14.3. The number of non-ortho nitro benzene ring substituents is 1. The molecule has 0 fully saturated rings. The minimum atomic E-state index is -1.19. The third-order valence-electron chi connectivity index (χ3n) is 3.54. The molecule has 6 nitrogen and oxygen atoms in total. The summed E-state index contributed by atoms with van der Waals surface area (Å²) in [5, 5.41) is 19.9. The Kier molecular flexibility index (Phi) is 5.19. The molecule has 0 aliphatic carbocycles. The SMILES string of the molecule is O=C(O)C(CCc1ccccc1)C(=O)c1ccc([N+](=O)[O-])cc1. The second-order valence-electron chi connectivity index (χ2n) is 5.08. The van der Waals surface area contributed by atoms with Crippen molar-refractivity contribution in [2.45, 2.75) is 12.8 Å². The summed E-state index contributed by atoms with van der Waals surface area (Å²) in [6.07, 6.45) is 0.645. The minimum absolute atomic E-state index is 0.141. The van der Waals surface area contributed by atoms with Gasteiger partial charge in [0.1, 0.15) is 5.92 Å². The van der Waals surface area contributed by atoms with Gasteiger partial charge in [-0.15, -0.1) is 0 Å². The molecule has 2 aromatic carbocycles. The van der Waals surface area contributed by atoms with Crippen molar-refractivity contribution < 1.29 is 19.6 Å². The fourth-order valence-electron chi connectivity index (χ4n) is 2.27. The van der Waals surface area contributed by atoms with Crippen LogP contribution in [0.3, 0.4) is 0 Å². The fraction of sp³-hybridized carbons (Fsp3) is 0.176. The summed E-state index contributed by atoms with van der Waals surface area (Å²) in [7, 11) is 0. The second kappa shape index (κ2) is 7.31. The normalized spacial score (nSPS) is 11.7. The van der Waals surface area contributed by atoms with E-state index in [1.54, 1.807) is 0 Å². The number of rotatable bonds is 7. The average molecular weight is 313 g/mol. The van der Waals surface area contributed by atoms with Crippen molar-refractivity contribution in [2.75, 3.05) is 0 Å². The van der Waals surface area contributed by atoms with E-state index in [0.29, 0.717) is 6.42 Å². The summed E-state index contributed by atoms with van der Waals surface area (Å²) in [5.74, 6) is -2.90. The number of hydrogen-bond donors (Lipinski definition) is 1. The summed E-state index contributed by atoms with van der Waals surface area (Å²) < 4.78 is 0. The Hall–Kier alpha value is -3.02. The van der Waals surface area contributed by atoms with Crippen LogP contribution in [0.1, 0.15) is 22.3 Å². The predicted octanol–water partition coefficient (Wildman–Crippen LogP) is 3.11. The van der Waals surface area contributed by atoms with Gasteiger partial charge in [-0.3, -0.25) is 19.7 Å². The second-order valence-corrected chi connectivity index (χ2v) is 5.08. The lowest BCUT2D eigenvalue weighted by Crippen LogP contribution is -2.24. The van der Waals surface area contributed by atoms with Crippen LogP contribution in [0.4, 0.5) is 5.69 Å². The van der Waals surface area contributed by atoms with Crippen LogP contribution in [0, 0.1) is 16.0 Å². The number of nitro groups is 1. The van der Waals surface area contributed by atoms with Crippen molar-refractivity contribution in [2.24, 2.45) is 5.92 Å². The number of benzene rings is 2. The molecule has 0 amide bonds. The number of ketones is 1. The Morgan fingerprint density at radius 3 is 2.17 bits per heavy atom. The van der Waals surface area contributed by atoms with Crippen LogP contribution in [-0.4, -0.2) is 21.8 Å². The lowest BCUT2D eigenvalue weighted by atomic mass is 9.91. The van der Waals surface area contributed by atoms with Crippen LogP contribution in [0.2, 0.25) is 0 Å². The van der Waals surface area contributed by atoms with Gasteiger partial charge in [-0.25, -0.2) is 0 Å². The van der Waals surface area contributed by atoms with E-state index in [4.69, 9.17) is 0 Å². The molecule has 1 N–H and O–H groups in total.